The first-order valence-electron chi connectivity index (χ1n) is 6.77. The molecule has 0 spiro atoms. The van der Waals surface area contributed by atoms with E-state index >= 15 is 0 Å². The molecule has 2 rings (SSSR count). The van der Waals surface area contributed by atoms with Gasteiger partial charge >= 0.3 is 0 Å². The molecule has 1 amide bonds. The Bertz CT molecular complexity index is 800. The number of carbonyl (C=O) groups is 1. The lowest BCUT2D eigenvalue weighted by atomic mass is 10.1. The predicted octanol–water partition coefficient (Wildman–Crippen LogP) is 2.76. The number of hydrogen-bond donors (Lipinski definition) is 2. The molecule has 0 aliphatic carbocycles. The van der Waals surface area contributed by atoms with E-state index in [9.17, 15) is 20.0 Å². The van der Waals surface area contributed by atoms with Gasteiger partial charge in [0.1, 0.15) is 5.75 Å². The molecule has 7 heteroatoms. The third kappa shape index (κ3) is 3.91. The first-order chi connectivity index (χ1) is 10.9. The maximum atomic E-state index is 12.0. The molecule has 2 N–H and O–H groups in total. The third-order valence-electron chi connectivity index (χ3n) is 3.24. The second kappa shape index (κ2) is 6.69. The van der Waals surface area contributed by atoms with Gasteiger partial charge in [0.2, 0.25) is 0 Å². The third-order valence-corrected chi connectivity index (χ3v) is 3.24. The smallest absolute Gasteiger partial charge is 0.272 e. The predicted molar refractivity (Wildman–Crippen MR) is 85.6 cm³/mol. The molecule has 0 saturated carbocycles. The van der Waals surface area contributed by atoms with Gasteiger partial charge in [-0.05, 0) is 38.1 Å². The summed E-state index contributed by atoms with van der Waals surface area (Å²) in [7, 11) is 0. The van der Waals surface area contributed by atoms with Crippen molar-refractivity contribution in [2.24, 2.45) is 5.10 Å². The van der Waals surface area contributed by atoms with E-state index in [0.717, 1.165) is 0 Å². The van der Waals surface area contributed by atoms with Crippen LogP contribution >= 0.6 is 0 Å². The highest BCUT2D eigenvalue weighted by atomic mass is 16.6. The summed E-state index contributed by atoms with van der Waals surface area (Å²) in [6, 6.07) is 10.6. The number of hydrazone groups is 1. The number of aromatic hydroxyl groups is 1. The Kier molecular flexibility index (Phi) is 4.70. The summed E-state index contributed by atoms with van der Waals surface area (Å²) in [5, 5.41) is 24.2. The molecule has 0 heterocycles. The van der Waals surface area contributed by atoms with E-state index in [1.165, 1.54) is 30.3 Å². The van der Waals surface area contributed by atoms with Crippen molar-refractivity contribution in [2.45, 2.75) is 13.8 Å². The molecule has 0 aromatic heterocycles. The minimum Gasteiger partial charge on any atom is -0.508 e. The Morgan fingerprint density at radius 1 is 1.22 bits per heavy atom. The zero-order valence-corrected chi connectivity index (χ0v) is 12.6. The van der Waals surface area contributed by atoms with Crippen molar-refractivity contribution < 1.29 is 14.8 Å². The standard InChI is InChI=1S/C16H15N3O4/c1-10-8-13(6-7-15(10)19(22)23)16(21)18-17-11(2)12-4-3-5-14(20)9-12/h3-9,20H,1-2H3,(H,18,21). The lowest BCUT2D eigenvalue weighted by Gasteiger charge is -2.04. The van der Waals surface area contributed by atoms with E-state index in [2.05, 4.69) is 10.5 Å². The normalized spacial score (nSPS) is 11.1. The molecule has 0 saturated heterocycles. The highest BCUT2D eigenvalue weighted by molar-refractivity contribution is 6.01. The number of hydrogen-bond acceptors (Lipinski definition) is 5. The van der Waals surface area contributed by atoms with Crippen LogP contribution in [-0.2, 0) is 0 Å². The fourth-order valence-corrected chi connectivity index (χ4v) is 2.00. The summed E-state index contributed by atoms with van der Waals surface area (Å²) in [5.41, 5.74) is 4.22. The first kappa shape index (κ1) is 16.2. The fourth-order valence-electron chi connectivity index (χ4n) is 2.00. The molecule has 0 aliphatic rings. The Labute approximate surface area is 132 Å². The van der Waals surface area contributed by atoms with Gasteiger partial charge in [0.25, 0.3) is 11.6 Å². The van der Waals surface area contributed by atoms with Crippen molar-refractivity contribution in [3.05, 3.63) is 69.3 Å². The molecule has 2 aromatic rings. The molecule has 0 atom stereocenters. The minimum atomic E-state index is -0.499. The van der Waals surface area contributed by atoms with Crippen LogP contribution in [0, 0.1) is 17.0 Å². The van der Waals surface area contributed by atoms with E-state index < -0.39 is 10.8 Å². The number of nitrogens with zero attached hydrogens (tertiary/aromatic N) is 2. The van der Waals surface area contributed by atoms with Crippen molar-refractivity contribution in [3.8, 4) is 5.75 Å². The zero-order valence-electron chi connectivity index (χ0n) is 12.6. The number of aryl methyl sites for hydroxylation is 1. The van der Waals surface area contributed by atoms with Crippen molar-refractivity contribution >= 4 is 17.3 Å². The van der Waals surface area contributed by atoms with Gasteiger partial charge in [0.15, 0.2) is 0 Å². The van der Waals surface area contributed by atoms with Gasteiger partial charge in [-0.15, -0.1) is 0 Å². The summed E-state index contributed by atoms with van der Waals surface area (Å²) in [4.78, 5) is 22.3. The average molecular weight is 313 g/mol. The van der Waals surface area contributed by atoms with Crippen LogP contribution in [0.5, 0.6) is 5.75 Å². The first-order valence-corrected chi connectivity index (χ1v) is 6.77. The Morgan fingerprint density at radius 3 is 2.57 bits per heavy atom. The van der Waals surface area contributed by atoms with Gasteiger partial charge in [-0.25, -0.2) is 5.43 Å². The minimum absolute atomic E-state index is 0.0407. The van der Waals surface area contributed by atoms with E-state index in [0.29, 0.717) is 16.8 Å². The number of phenolic OH excluding ortho intramolecular Hbond substituents is 1. The van der Waals surface area contributed by atoms with Crippen LogP contribution in [0.25, 0.3) is 0 Å². The number of nitro groups is 1. The number of carbonyl (C=O) groups excluding carboxylic acids is 1. The summed E-state index contributed by atoms with van der Waals surface area (Å²) in [6.07, 6.45) is 0. The van der Waals surface area contributed by atoms with Gasteiger partial charge in [-0.1, -0.05) is 12.1 Å². The van der Waals surface area contributed by atoms with Crippen LogP contribution in [0.15, 0.2) is 47.6 Å². The molecule has 23 heavy (non-hydrogen) atoms. The molecule has 0 bridgehead atoms. The summed E-state index contributed by atoms with van der Waals surface area (Å²) in [6.45, 7) is 3.26. The van der Waals surface area contributed by atoms with Crippen LogP contribution in [0.4, 0.5) is 5.69 Å². The quantitative estimate of drug-likeness (QED) is 0.514. The largest absolute Gasteiger partial charge is 0.508 e. The van der Waals surface area contributed by atoms with Crippen LogP contribution in [0.1, 0.15) is 28.4 Å². The van der Waals surface area contributed by atoms with E-state index in [-0.39, 0.29) is 17.0 Å². The van der Waals surface area contributed by atoms with Gasteiger partial charge in [0.05, 0.1) is 10.6 Å². The van der Waals surface area contributed by atoms with Crippen LogP contribution in [-0.4, -0.2) is 21.6 Å². The van der Waals surface area contributed by atoms with Crippen LogP contribution < -0.4 is 5.43 Å². The topological polar surface area (TPSA) is 105 Å². The van der Waals surface area contributed by atoms with Crippen molar-refractivity contribution in [2.75, 3.05) is 0 Å². The van der Waals surface area contributed by atoms with E-state index in [4.69, 9.17) is 0 Å². The number of phenols is 1. The lowest BCUT2D eigenvalue weighted by molar-refractivity contribution is -0.385. The van der Waals surface area contributed by atoms with E-state index in [1.807, 2.05) is 0 Å². The fraction of sp³-hybridized carbons (Fsp3) is 0.125. The number of nitro benzene ring substituents is 1. The molecule has 2 aromatic carbocycles. The van der Waals surface area contributed by atoms with Crippen LogP contribution in [0.3, 0.4) is 0 Å². The molecule has 0 radical (unpaired) electrons. The van der Waals surface area contributed by atoms with Gasteiger partial charge in [-0.3, -0.25) is 14.9 Å². The summed E-state index contributed by atoms with van der Waals surface area (Å²) < 4.78 is 0. The summed E-state index contributed by atoms with van der Waals surface area (Å²) >= 11 is 0. The van der Waals surface area contributed by atoms with Crippen LogP contribution in [0.2, 0.25) is 0 Å². The Morgan fingerprint density at radius 2 is 1.96 bits per heavy atom. The number of amides is 1. The monoisotopic (exact) mass is 313 g/mol. The van der Waals surface area contributed by atoms with Crippen molar-refractivity contribution in [1.29, 1.82) is 0 Å². The van der Waals surface area contributed by atoms with Gasteiger partial charge in [0, 0.05) is 22.8 Å². The zero-order chi connectivity index (χ0) is 17.0. The summed E-state index contributed by atoms with van der Waals surface area (Å²) in [5.74, 6) is -0.364. The maximum Gasteiger partial charge on any atom is 0.272 e. The number of rotatable bonds is 4. The Balaban J connectivity index is 2.14. The molecule has 0 unspecified atom stereocenters. The molecule has 7 nitrogen and oxygen atoms in total. The lowest BCUT2D eigenvalue weighted by Crippen LogP contribution is -2.19. The van der Waals surface area contributed by atoms with Crippen molar-refractivity contribution in [3.63, 3.8) is 0 Å². The maximum absolute atomic E-state index is 12.0. The van der Waals surface area contributed by atoms with Gasteiger partial charge < -0.3 is 5.11 Å². The average Bonchev–Trinajstić information content (AvgIpc) is 2.51. The highest BCUT2D eigenvalue weighted by Gasteiger charge is 2.13. The molecule has 0 aliphatic heterocycles. The molecule has 118 valence electrons. The number of benzene rings is 2. The van der Waals surface area contributed by atoms with Gasteiger partial charge in [-0.2, -0.15) is 5.10 Å². The molecule has 0 fully saturated rings. The second-order valence-electron chi connectivity index (χ2n) is 4.95. The number of nitrogens with one attached hydrogen (secondary N) is 1. The highest BCUT2D eigenvalue weighted by Crippen LogP contribution is 2.18. The molecular weight excluding hydrogens is 298 g/mol. The Hall–Kier alpha value is -3.22. The SMILES string of the molecule is CC(=NNC(=O)c1ccc([N+](=O)[O-])c(C)c1)c1cccc(O)c1. The second-order valence-corrected chi connectivity index (χ2v) is 4.95. The van der Waals surface area contributed by atoms with E-state index in [1.54, 1.807) is 26.0 Å². The molecular formula is C16H15N3O4. The van der Waals surface area contributed by atoms with Crippen molar-refractivity contribution in [1.82, 2.24) is 5.43 Å².